The third-order valence-electron chi connectivity index (χ3n) is 4.02. The zero-order valence-electron chi connectivity index (χ0n) is 16.0. The lowest BCUT2D eigenvalue weighted by Crippen LogP contribution is -2.08. The van der Waals surface area contributed by atoms with Crippen LogP contribution in [0.15, 0.2) is 48.7 Å². The summed E-state index contributed by atoms with van der Waals surface area (Å²) in [5.74, 6) is -0.159. The topological polar surface area (TPSA) is 102 Å². The van der Waals surface area contributed by atoms with Crippen molar-refractivity contribution in [2.45, 2.75) is 0 Å². The van der Waals surface area contributed by atoms with Crippen LogP contribution in [-0.4, -0.2) is 35.3 Å². The second-order valence-electron chi connectivity index (χ2n) is 6.19. The van der Waals surface area contributed by atoms with Gasteiger partial charge in [-0.25, -0.2) is 4.98 Å². The summed E-state index contributed by atoms with van der Waals surface area (Å²) >= 11 is 0. The summed E-state index contributed by atoms with van der Waals surface area (Å²) in [6, 6.07) is 11.7. The normalized spacial score (nSPS) is 10.7. The minimum atomic E-state index is -0.985. The molecule has 3 rings (SSSR count). The quantitative estimate of drug-likeness (QED) is 0.335. The predicted molar refractivity (Wildman–Crippen MR) is 113 cm³/mol. The van der Waals surface area contributed by atoms with Gasteiger partial charge in [0.25, 0.3) is 0 Å². The number of ether oxygens (including phenoxy) is 1. The zero-order valence-corrected chi connectivity index (χ0v) is 16.9. The van der Waals surface area contributed by atoms with E-state index in [4.69, 9.17) is 4.74 Å². The smallest absolute Gasteiger partial charge is 0.307 e. The Morgan fingerprint density at radius 1 is 1.14 bits per heavy atom. The maximum absolute atomic E-state index is 13.8. The number of hydrogen-bond acceptors (Lipinski definition) is 7. The minimum Gasteiger partial charge on any atom is -0.494 e. The van der Waals surface area contributed by atoms with E-state index in [1.807, 2.05) is 18.2 Å². The molecule has 2 aromatic carbocycles. The SMILES string of the molecule is COc1cc(F)c([N+](=O)[O-])cc1Nc1nccc(Nc2ccccc2P(C)C)n1. The lowest BCUT2D eigenvalue weighted by Gasteiger charge is -2.15. The summed E-state index contributed by atoms with van der Waals surface area (Å²) in [6.07, 6.45) is 1.55. The number of aromatic nitrogens is 2. The van der Waals surface area contributed by atoms with Gasteiger partial charge in [0.15, 0.2) is 0 Å². The molecule has 0 radical (unpaired) electrons. The van der Waals surface area contributed by atoms with E-state index in [9.17, 15) is 14.5 Å². The number of nitrogens with one attached hydrogen (secondary N) is 2. The van der Waals surface area contributed by atoms with Gasteiger partial charge in [-0.1, -0.05) is 26.1 Å². The average Bonchev–Trinajstić information content (AvgIpc) is 2.69. The van der Waals surface area contributed by atoms with Crippen LogP contribution in [0.3, 0.4) is 0 Å². The molecule has 2 N–H and O–H groups in total. The van der Waals surface area contributed by atoms with Gasteiger partial charge in [0.05, 0.1) is 17.7 Å². The van der Waals surface area contributed by atoms with Crippen LogP contribution in [0.2, 0.25) is 0 Å². The number of nitro groups is 1. The largest absolute Gasteiger partial charge is 0.494 e. The number of benzene rings is 2. The third-order valence-corrected chi connectivity index (χ3v) is 5.37. The van der Waals surface area contributed by atoms with Gasteiger partial charge >= 0.3 is 5.69 Å². The molecule has 0 bridgehead atoms. The average molecular weight is 415 g/mol. The van der Waals surface area contributed by atoms with Crippen molar-refractivity contribution in [3.63, 3.8) is 0 Å². The van der Waals surface area contributed by atoms with Gasteiger partial charge in [0, 0.05) is 24.0 Å². The molecule has 10 heteroatoms. The van der Waals surface area contributed by atoms with Gasteiger partial charge in [0.1, 0.15) is 11.6 Å². The molecular weight excluding hydrogens is 396 g/mol. The van der Waals surface area contributed by atoms with Crippen molar-refractivity contribution < 1.29 is 14.1 Å². The van der Waals surface area contributed by atoms with Crippen molar-refractivity contribution in [3.8, 4) is 5.75 Å². The van der Waals surface area contributed by atoms with Crippen molar-refractivity contribution in [2.24, 2.45) is 0 Å². The minimum absolute atomic E-state index is 0.100. The molecule has 150 valence electrons. The highest BCUT2D eigenvalue weighted by molar-refractivity contribution is 7.64. The van der Waals surface area contributed by atoms with Crippen molar-refractivity contribution in [1.82, 2.24) is 9.97 Å². The fourth-order valence-corrected chi connectivity index (χ4v) is 3.66. The Morgan fingerprint density at radius 2 is 1.90 bits per heavy atom. The standard InChI is InChI=1S/C19H19FN5O3P/c1-28-16-10-12(20)15(25(26)27)11-14(16)23-19-21-9-8-18(24-19)22-13-6-4-5-7-17(13)29(2)3/h4-11H,1-3H3,(H2,21,22,23,24). The Bertz CT molecular complexity index is 1050. The van der Waals surface area contributed by atoms with Crippen molar-refractivity contribution >= 4 is 42.1 Å². The molecule has 0 atom stereocenters. The van der Waals surface area contributed by atoms with E-state index >= 15 is 0 Å². The summed E-state index contributed by atoms with van der Waals surface area (Å²) in [5.41, 5.74) is 0.461. The van der Waals surface area contributed by atoms with Gasteiger partial charge in [-0.2, -0.15) is 9.37 Å². The van der Waals surface area contributed by atoms with Crippen LogP contribution in [0.5, 0.6) is 5.75 Å². The first-order chi connectivity index (χ1) is 13.9. The van der Waals surface area contributed by atoms with Gasteiger partial charge in [-0.3, -0.25) is 10.1 Å². The monoisotopic (exact) mass is 415 g/mol. The molecule has 0 unspecified atom stereocenters. The third kappa shape index (κ3) is 4.75. The number of anilines is 4. The van der Waals surface area contributed by atoms with Gasteiger partial charge in [-0.05, 0) is 30.8 Å². The Balaban J connectivity index is 1.90. The van der Waals surface area contributed by atoms with Crippen LogP contribution in [0.4, 0.5) is 33.2 Å². The van der Waals surface area contributed by atoms with E-state index in [1.54, 1.807) is 12.3 Å². The first kappa shape index (κ1) is 20.4. The lowest BCUT2D eigenvalue weighted by molar-refractivity contribution is -0.387. The second kappa shape index (κ2) is 8.79. The molecule has 8 nitrogen and oxygen atoms in total. The van der Waals surface area contributed by atoms with Crippen LogP contribution in [0.1, 0.15) is 0 Å². The molecule has 0 amide bonds. The maximum Gasteiger partial charge on any atom is 0.307 e. The fraction of sp³-hybridized carbons (Fsp3) is 0.158. The van der Waals surface area contributed by atoms with Gasteiger partial charge < -0.3 is 15.4 Å². The molecule has 0 aliphatic carbocycles. The summed E-state index contributed by atoms with van der Waals surface area (Å²) in [4.78, 5) is 18.7. The van der Waals surface area contributed by atoms with Crippen LogP contribution in [-0.2, 0) is 0 Å². The summed E-state index contributed by atoms with van der Waals surface area (Å²) in [6.45, 7) is 4.33. The molecular formula is C19H19FN5O3P. The van der Waals surface area contributed by atoms with E-state index in [1.165, 1.54) is 12.4 Å². The molecule has 0 fully saturated rings. The number of rotatable bonds is 7. The highest BCUT2D eigenvalue weighted by atomic mass is 31.1. The van der Waals surface area contributed by atoms with Crippen LogP contribution < -0.4 is 20.7 Å². The van der Waals surface area contributed by atoms with Crippen molar-refractivity contribution in [3.05, 3.63) is 64.6 Å². The van der Waals surface area contributed by atoms with E-state index in [-0.39, 0.29) is 25.3 Å². The highest BCUT2D eigenvalue weighted by Crippen LogP contribution is 2.33. The number of para-hydroxylation sites is 1. The van der Waals surface area contributed by atoms with Gasteiger partial charge in [-0.15, -0.1) is 0 Å². The molecule has 0 aliphatic heterocycles. The first-order valence-electron chi connectivity index (χ1n) is 8.54. The zero-order chi connectivity index (χ0) is 21.0. The number of methoxy groups -OCH3 is 1. The predicted octanol–water partition coefficient (Wildman–Crippen LogP) is 4.39. The molecule has 1 heterocycles. The molecule has 29 heavy (non-hydrogen) atoms. The maximum atomic E-state index is 13.8. The van der Waals surface area contributed by atoms with E-state index in [2.05, 4.69) is 40.0 Å². The summed E-state index contributed by atoms with van der Waals surface area (Å²) in [5, 5.41) is 18.4. The number of halogens is 1. The lowest BCUT2D eigenvalue weighted by atomic mass is 10.2. The Hall–Kier alpha value is -3.32. The number of nitro benzene ring substituents is 1. The Kier molecular flexibility index (Phi) is 6.19. The van der Waals surface area contributed by atoms with Crippen LogP contribution >= 0.6 is 7.92 Å². The molecule has 3 aromatic rings. The molecule has 0 aliphatic rings. The van der Waals surface area contributed by atoms with Crippen LogP contribution in [0, 0.1) is 15.9 Å². The number of nitrogens with zero attached hydrogens (tertiary/aromatic N) is 3. The van der Waals surface area contributed by atoms with Crippen LogP contribution in [0.25, 0.3) is 0 Å². The highest BCUT2D eigenvalue weighted by Gasteiger charge is 2.19. The second-order valence-corrected chi connectivity index (χ2v) is 8.46. The molecule has 0 spiro atoms. The Labute approximate surface area is 168 Å². The fourth-order valence-electron chi connectivity index (χ4n) is 2.67. The van der Waals surface area contributed by atoms with Gasteiger partial charge in [0.2, 0.25) is 11.8 Å². The first-order valence-corrected chi connectivity index (χ1v) is 10.8. The van der Waals surface area contributed by atoms with E-state index < -0.39 is 16.4 Å². The van der Waals surface area contributed by atoms with E-state index in [0.29, 0.717) is 5.82 Å². The molecule has 1 aromatic heterocycles. The molecule has 0 saturated heterocycles. The summed E-state index contributed by atoms with van der Waals surface area (Å²) in [7, 11) is 1.03. The Morgan fingerprint density at radius 3 is 2.59 bits per heavy atom. The van der Waals surface area contributed by atoms with E-state index in [0.717, 1.165) is 17.8 Å². The van der Waals surface area contributed by atoms with Crippen molar-refractivity contribution in [2.75, 3.05) is 31.1 Å². The number of hydrogen-bond donors (Lipinski definition) is 2. The molecule has 0 saturated carbocycles. The van der Waals surface area contributed by atoms with Crippen molar-refractivity contribution in [1.29, 1.82) is 0 Å². The summed E-state index contributed by atoms with van der Waals surface area (Å²) < 4.78 is 18.9.